The van der Waals surface area contributed by atoms with Crippen LogP contribution in [-0.4, -0.2) is 70.0 Å². The lowest BCUT2D eigenvalue weighted by atomic mass is 9.49. The second-order valence-electron chi connectivity index (χ2n) is 13.3. The van der Waals surface area contributed by atoms with E-state index >= 15 is 0 Å². The molecule has 8 nitrogen and oxygen atoms in total. The maximum Gasteiger partial charge on any atom is 0.275 e. The van der Waals surface area contributed by atoms with E-state index in [1.807, 2.05) is 4.90 Å². The van der Waals surface area contributed by atoms with Crippen LogP contribution in [0.4, 0.5) is 0 Å². The summed E-state index contributed by atoms with van der Waals surface area (Å²) in [6.07, 6.45) is 6.13. The summed E-state index contributed by atoms with van der Waals surface area (Å²) in [4.78, 5) is 27.4. The van der Waals surface area contributed by atoms with Gasteiger partial charge in [-0.1, -0.05) is 45.2 Å². The van der Waals surface area contributed by atoms with Crippen LogP contribution >= 0.6 is 11.6 Å². The number of hydrogen-bond acceptors (Lipinski definition) is 7. The summed E-state index contributed by atoms with van der Waals surface area (Å²) in [7, 11) is 0. The Hall–Kier alpha value is -3.17. The molecular weight excluding hydrogens is 548 g/mol. The first-order chi connectivity index (χ1) is 20.1. The molecule has 0 bridgehead atoms. The Morgan fingerprint density at radius 1 is 1.10 bits per heavy atom. The maximum absolute atomic E-state index is 13.6. The van der Waals surface area contributed by atoms with E-state index < -0.39 is 0 Å². The number of nitrogens with zero attached hydrogens (tertiary/aromatic N) is 5. The molecule has 4 aliphatic rings. The predicted molar refractivity (Wildman–Crippen MR) is 161 cm³/mol. The highest BCUT2D eigenvalue weighted by molar-refractivity contribution is 6.31. The van der Waals surface area contributed by atoms with Crippen LogP contribution in [0.1, 0.15) is 80.8 Å². The lowest BCUT2D eigenvalue weighted by molar-refractivity contribution is -0.199. The maximum atomic E-state index is 13.6. The highest BCUT2D eigenvalue weighted by atomic mass is 35.5. The van der Waals surface area contributed by atoms with Crippen LogP contribution in [0, 0.1) is 39.9 Å². The van der Waals surface area contributed by atoms with E-state index in [1.54, 1.807) is 24.4 Å². The van der Waals surface area contributed by atoms with Gasteiger partial charge in [-0.25, -0.2) is 9.97 Å². The summed E-state index contributed by atoms with van der Waals surface area (Å²) in [5, 5.41) is 13.0. The number of halogens is 1. The SMILES string of the molecule is CC1(C)[C@H](Oc2ccc(C#N)c(Cl)c2)C(C)(C)[C@H]1N1Cc2nc(C#C[C@H]3CC[C@H](N4CCNCC4)CC3)cnc2C1=O. The summed E-state index contributed by atoms with van der Waals surface area (Å²) >= 11 is 6.25. The molecule has 1 amide bonds. The average Bonchev–Trinajstić information content (AvgIpc) is 3.29. The van der Waals surface area contributed by atoms with Gasteiger partial charge in [0.25, 0.3) is 5.91 Å². The average molecular weight is 587 g/mol. The molecular formula is C33H39ClN6O2. The molecule has 0 radical (unpaired) electrons. The highest BCUT2D eigenvalue weighted by Crippen LogP contribution is 2.59. The van der Waals surface area contributed by atoms with E-state index in [2.05, 4.69) is 60.8 Å². The molecule has 42 heavy (non-hydrogen) atoms. The Kier molecular flexibility index (Phi) is 7.68. The van der Waals surface area contributed by atoms with Crippen molar-refractivity contribution in [2.45, 2.75) is 78.1 Å². The van der Waals surface area contributed by atoms with Crippen LogP contribution in [-0.2, 0) is 6.54 Å². The van der Waals surface area contributed by atoms with Crippen molar-refractivity contribution in [1.82, 2.24) is 25.1 Å². The quantitative estimate of drug-likeness (QED) is 0.521. The van der Waals surface area contributed by atoms with Gasteiger partial charge in [0.15, 0.2) is 5.69 Å². The van der Waals surface area contributed by atoms with Gasteiger partial charge in [0.2, 0.25) is 0 Å². The number of ether oxygens (including phenoxy) is 1. The molecule has 2 aliphatic carbocycles. The number of carbonyl (C=O) groups is 1. The van der Waals surface area contributed by atoms with Gasteiger partial charge in [-0.2, -0.15) is 5.26 Å². The van der Waals surface area contributed by atoms with Crippen molar-refractivity contribution in [3.05, 3.63) is 52.1 Å². The number of benzene rings is 1. The molecule has 2 saturated carbocycles. The van der Waals surface area contributed by atoms with Crippen molar-refractivity contribution in [3.8, 4) is 23.7 Å². The van der Waals surface area contributed by atoms with Gasteiger partial charge in [0.1, 0.15) is 23.6 Å². The smallest absolute Gasteiger partial charge is 0.275 e. The van der Waals surface area contributed by atoms with Gasteiger partial charge in [0, 0.05) is 61.1 Å². The monoisotopic (exact) mass is 586 g/mol. The zero-order valence-electron chi connectivity index (χ0n) is 24.9. The number of piperazine rings is 1. The van der Waals surface area contributed by atoms with Crippen LogP contribution in [0.3, 0.4) is 0 Å². The zero-order chi connectivity index (χ0) is 29.6. The van der Waals surface area contributed by atoms with Gasteiger partial charge < -0.3 is 15.0 Å². The Labute approximate surface area is 253 Å². The third kappa shape index (κ3) is 5.15. The number of nitrogens with one attached hydrogen (secondary N) is 1. The summed E-state index contributed by atoms with van der Waals surface area (Å²) in [5.41, 5.74) is 1.49. The van der Waals surface area contributed by atoms with Gasteiger partial charge in [-0.3, -0.25) is 9.69 Å². The molecule has 3 heterocycles. The minimum Gasteiger partial charge on any atom is -0.489 e. The molecule has 2 aromatic rings. The molecule has 220 valence electrons. The predicted octanol–water partition coefficient (Wildman–Crippen LogP) is 4.66. The van der Waals surface area contributed by atoms with Crippen LogP contribution in [0.2, 0.25) is 5.02 Å². The van der Waals surface area contributed by atoms with Crippen LogP contribution in [0.5, 0.6) is 5.75 Å². The van der Waals surface area contributed by atoms with Crippen LogP contribution in [0.15, 0.2) is 24.4 Å². The second-order valence-corrected chi connectivity index (χ2v) is 13.7. The first-order valence-electron chi connectivity index (χ1n) is 15.1. The molecule has 3 fully saturated rings. The van der Waals surface area contributed by atoms with Crippen molar-refractivity contribution in [2.75, 3.05) is 26.2 Å². The molecule has 0 atom stereocenters. The van der Waals surface area contributed by atoms with Crippen molar-refractivity contribution in [3.63, 3.8) is 0 Å². The molecule has 1 saturated heterocycles. The normalized spacial score (nSPS) is 28.2. The topological polar surface area (TPSA) is 94.4 Å². The fourth-order valence-corrected chi connectivity index (χ4v) is 8.39. The van der Waals surface area contributed by atoms with E-state index in [4.69, 9.17) is 21.3 Å². The third-order valence-electron chi connectivity index (χ3n) is 9.78. The molecule has 0 unspecified atom stereocenters. The number of aromatic nitrogens is 2. The Balaban J connectivity index is 1.11. The van der Waals surface area contributed by atoms with Crippen LogP contribution < -0.4 is 10.1 Å². The molecule has 0 spiro atoms. The summed E-state index contributed by atoms with van der Waals surface area (Å²) in [5.74, 6) is 7.65. The first-order valence-corrected chi connectivity index (χ1v) is 15.5. The van der Waals surface area contributed by atoms with E-state index in [0.717, 1.165) is 39.0 Å². The van der Waals surface area contributed by atoms with Gasteiger partial charge in [-0.15, -0.1) is 0 Å². The minimum absolute atomic E-state index is 0.0762. The Bertz CT molecular complexity index is 1460. The fraction of sp³-hybridized carbons (Fsp3) is 0.576. The van der Waals surface area contributed by atoms with Gasteiger partial charge in [-0.05, 0) is 43.7 Å². The second kappa shape index (κ2) is 11.2. The van der Waals surface area contributed by atoms with E-state index in [-0.39, 0.29) is 28.9 Å². The molecule has 2 aliphatic heterocycles. The standard InChI is InChI=1S/C33H39ClN6O2/c1-32(2)30(33(3,4)31(32)42-25-12-8-22(18-35)26(34)17-25)40-20-27-28(29(40)41)37-19-23(38-27)9-5-21-6-10-24(11-7-21)39-15-13-36-14-16-39/h8,12,17,19,21,24,30-31,36H,6-7,10-11,13-16,20H2,1-4H3/t21-,24-,30-,31-. The van der Waals surface area contributed by atoms with Crippen molar-refractivity contribution in [2.24, 2.45) is 16.7 Å². The van der Waals surface area contributed by atoms with Crippen molar-refractivity contribution >= 4 is 17.5 Å². The molecule has 1 aromatic heterocycles. The number of hydrogen-bond donors (Lipinski definition) is 1. The third-order valence-corrected chi connectivity index (χ3v) is 10.1. The summed E-state index contributed by atoms with van der Waals surface area (Å²) < 4.78 is 6.43. The molecule has 1 N–H and O–H groups in total. The molecule has 6 rings (SSSR count). The molecule has 9 heteroatoms. The number of fused-ring (bicyclic) bond motifs is 1. The number of nitriles is 1. The lowest BCUT2D eigenvalue weighted by Gasteiger charge is -2.65. The highest BCUT2D eigenvalue weighted by Gasteiger charge is 2.67. The lowest BCUT2D eigenvalue weighted by Crippen LogP contribution is -2.74. The van der Waals surface area contributed by atoms with E-state index in [1.165, 1.54) is 12.8 Å². The number of rotatable bonds is 4. The number of amides is 1. The van der Waals surface area contributed by atoms with Gasteiger partial charge in [0.05, 0.1) is 29.0 Å². The van der Waals surface area contributed by atoms with Crippen molar-refractivity contribution < 1.29 is 9.53 Å². The molecule has 1 aromatic carbocycles. The van der Waals surface area contributed by atoms with Gasteiger partial charge >= 0.3 is 0 Å². The van der Waals surface area contributed by atoms with Crippen LogP contribution in [0.25, 0.3) is 0 Å². The van der Waals surface area contributed by atoms with E-state index in [9.17, 15) is 10.1 Å². The Morgan fingerprint density at radius 3 is 2.48 bits per heavy atom. The van der Waals surface area contributed by atoms with Crippen molar-refractivity contribution in [1.29, 1.82) is 5.26 Å². The number of carbonyl (C=O) groups excluding carboxylic acids is 1. The zero-order valence-corrected chi connectivity index (χ0v) is 25.7. The fourth-order valence-electron chi connectivity index (χ4n) is 8.17. The Morgan fingerprint density at radius 2 is 1.81 bits per heavy atom. The summed E-state index contributed by atoms with van der Waals surface area (Å²) in [6, 6.07) is 7.82. The minimum atomic E-state index is -0.340. The largest absolute Gasteiger partial charge is 0.489 e. The van der Waals surface area contributed by atoms with E-state index in [0.29, 0.717) is 51.9 Å². The summed E-state index contributed by atoms with van der Waals surface area (Å²) in [6.45, 7) is 13.4. The first kappa shape index (κ1) is 28.9.